The molecule has 17 heavy (non-hydrogen) atoms. The number of nitrogens with zero attached hydrogens (tertiary/aromatic N) is 1. The Balaban J connectivity index is 1.95. The summed E-state index contributed by atoms with van der Waals surface area (Å²) in [6.45, 7) is 0.435. The van der Waals surface area contributed by atoms with Crippen LogP contribution in [-0.2, 0) is 0 Å². The predicted octanol–water partition coefficient (Wildman–Crippen LogP) is 2.88. The van der Waals surface area contributed by atoms with Gasteiger partial charge in [0, 0.05) is 29.6 Å². The second-order valence-corrected chi connectivity index (χ2v) is 4.12. The summed E-state index contributed by atoms with van der Waals surface area (Å²) in [6, 6.07) is 11.0. The van der Waals surface area contributed by atoms with Gasteiger partial charge in [0.15, 0.2) is 0 Å². The standard InChI is InChI=1S/C13H13ClN2O/c14-11-2-1-3-12(8-11)16-9-13(17)10-4-6-15-7-5-10/h1-8,13,16-17H,9H2. The van der Waals surface area contributed by atoms with Gasteiger partial charge in [-0.3, -0.25) is 4.98 Å². The number of rotatable bonds is 4. The molecule has 88 valence electrons. The lowest BCUT2D eigenvalue weighted by Crippen LogP contribution is -2.12. The monoisotopic (exact) mass is 248 g/mol. The third-order valence-electron chi connectivity index (χ3n) is 2.42. The van der Waals surface area contributed by atoms with Gasteiger partial charge >= 0.3 is 0 Å². The van der Waals surface area contributed by atoms with Crippen molar-refractivity contribution in [1.29, 1.82) is 0 Å². The number of hydrogen-bond donors (Lipinski definition) is 2. The van der Waals surface area contributed by atoms with E-state index in [0.29, 0.717) is 11.6 Å². The van der Waals surface area contributed by atoms with Crippen LogP contribution in [0.4, 0.5) is 5.69 Å². The van der Waals surface area contributed by atoms with E-state index in [4.69, 9.17) is 11.6 Å². The minimum absolute atomic E-state index is 0.435. The molecule has 2 N–H and O–H groups in total. The Hall–Kier alpha value is -1.58. The van der Waals surface area contributed by atoms with Crippen LogP contribution in [0.5, 0.6) is 0 Å². The second kappa shape index (κ2) is 5.66. The summed E-state index contributed by atoms with van der Waals surface area (Å²) < 4.78 is 0. The topological polar surface area (TPSA) is 45.1 Å². The molecular weight excluding hydrogens is 236 g/mol. The Kier molecular flexibility index (Phi) is 3.96. The van der Waals surface area contributed by atoms with Crippen molar-refractivity contribution in [2.24, 2.45) is 0 Å². The summed E-state index contributed by atoms with van der Waals surface area (Å²) in [5, 5.41) is 13.7. The molecule has 3 nitrogen and oxygen atoms in total. The minimum Gasteiger partial charge on any atom is -0.387 e. The zero-order chi connectivity index (χ0) is 12.1. The first-order valence-electron chi connectivity index (χ1n) is 5.33. The van der Waals surface area contributed by atoms with E-state index < -0.39 is 6.10 Å². The maximum atomic E-state index is 9.93. The highest BCUT2D eigenvalue weighted by molar-refractivity contribution is 6.30. The average molecular weight is 249 g/mol. The molecule has 1 unspecified atom stereocenters. The third-order valence-corrected chi connectivity index (χ3v) is 2.65. The molecule has 0 bridgehead atoms. The number of halogens is 1. The number of anilines is 1. The fourth-order valence-corrected chi connectivity index (χ4v) is 1.71. The van der Waals surface area contributed by atoms with Gasteiger partial charge in [-0.05, 0) is 35.9 Å². The van der Waals surface area contributed by atoms with Crippen LogP contribution in [0.25, 0.3) is 0 Å². The van der Waals surface area contributed by atoms with Crippen LogP contribution < -0.4 is 5.32 Å². The number of pyridine rings is 1. The molecule has 0 spiro atoms. The number of nitrogens with one attached hydrogen (secondary N) is 1. The summed E-state index contributed by atoms with van der Waals surface area (Å²) in [5.41, 5.74) is 1.74. The lowest BCUT2D eigenvalue weighted by molar-refractivity contribution is 0.191. The number of aromatic nitrogens is 1. The highest BCUT2D eigenvalue weighted by atomic mass is 35.5. The molecular formula is C13H13ClN2O. The van der Waals surface area contributed by atoms with Crippen LogP contribution in [0, 0.1) is 0 Å². The van der Waals surface area contributed by atoms with Crippen molar-refractivity contribution in [3.05, 3.63) is 59.4 Å². The normalized spacial score (nSPS) is 12.1. The molecule has 1 heterocycles. The Bertz CT molecular complexity index is 476. The van der Waals surface area contributed by atoms with Gasteiger partial charge < -0.3 is 10.4 Å². The third kappa shape index (κ3) is 3.44. The molecule has 0 aliphatic rings. The van der Waals surface area contributed by atoms with Gasteiger partial charge in [0.2, 0.25) is 0 Å². The zero-order valence-electron chi connectivity index (χ0n) is 9.18. The van der Waals surface area contributed by atoms with Crippen LogP contribution in [0.1, 0.15) is 11.7 Å². The molecule has 0 fully saturated rings. The summed E-state index contributed by atoms with van der Waals surface area (Å²) >= 11 is 5.87. The molecule has 0 aliphatic heterocycles. The van der Waals surface area contributed by atoms with Crippen molar-refractivity contribution in [3.63, 3.8) is 0 Å². The van der Waals surface area contributed by atoms with E-state index in [9.17, 15) is 5.11 Å². The van der Waals surface area contributed by atoms with Crippen molar-refractivity contribution in [3.8, 4) is 0 Å². The summed E-state index contributed by atoms with van der Waals surface area (Å²) in [5.74, 6) is 0. The number of aliphatic hydroxyl groups excluding tert-OH is 1. The molecule has 4 heteroatoms. The van der Waals surface area contributed by atoms with Crippen LogP contribution in [-0.4, -0.2) is 16.6 Å². The fraction of sp³-hybridized carbons (Fsp3) is 0.154. The Morgan fingerprint density at radius 1 is 1.24 bits per heavy atom. The summed E-state index contributed by atoms with van der Waals surface area (Å²) in [6.07, 6.45) is 2.77. The number of aliphatic hydroxyl groups is 1. The molecule has 1 aromatic carbocycles. The van der Waals surface area contributed by atoms with Gasteiger partial charge in [-0.2, -0.15) is 0 Å². The second-order valence-electron chi connectivity index (χ2n) is 3.69. The van der Waals surface area contributed by atoms with Gasteiger partial charge in [-0.25, -0.2) is 0 Å². The number of hydrogen-bond acceptors (Lipinski definition) is 3. The molecule has 0 radical (unpaired) electrons. The van der Waals surface area contributed by atoms with Crippen LogP contribution >= 0.6 is 11.6 Å². The van der Waals surface area contributed by atoms with Gasteiger partial charge in [-0.15, -0.1) is 0 Å². The van der Waals surface area contributed by atoms with Crippen LogP contribution in [0.3, 0.4) is 0 Å². The van der Waals surface area contributed by atoms with Crippen molar-refractivity contribution >= 4 is 17.3 Å². The van der Waals surface area contributed by atoms with Gasteiger partial charge in [0.05, 0.1) is 6.10 Å². The lowest BCUT2D eigenvalue weighted by atomic mass is 10.1. The maximum absolute atomic E-state index is 9.93. The van der Waals surface area contributed by atoms with E-state index in [1.54, 1.807) is 24.5 Å². The molecule has 2 rings (SSSR count). The molecule has 0 aliphatic carbocycles. The molecule has 0 saturated carbocycles. The molecule has 1 aromatic heterocycles. The molecule has 0 amide bonds. The fourth-order valence-electron chi connectivity index (χ4n) is 1.52. The summed E-state index contributed by atoms with van der Waals surface area (Å²) in [7, 11) is 0. The van der Waals surface area contributed by atoms with Crippen molar-refractivity contribution in [2.45, 2.75) is 6.10 Å². The van der Waals surface area contributed by atoms with E-state index in [-0.39, 0.29) is 0 Å². The maximum Gasteiger partial charge on any atom is 0.0963 e. The van der Waals surface area contributed by atoms with Gasteiger partial charge in [-0.1, -0.05) is 17.7 Å². The lowest BCUT2D eigenvalue weighted by Gasteiger charge is -2.13. The van der Waals surface area contributed by atoms with Gasteiger partial charge in [0.1, 0.15) is 0 Å². The smallest absolute Gasteiger partial charge is 0.0963 e. The quantitative estimate of drug-likeness (QED) is 0.875. The predicted molar refractivity (Wildman–Crippen MR) is 69.1 cm³/mol. The molecule has 0 saturated heterocycles. The zero-order valence-corrected chi connectivity index (χ0v) is 9.93. The first-order chi connectivity index (χ1) is 8.25. The van der Waals surface area contributed by atoms with Crippen LogP contribution in [0.15, 0.2) is 48.8 Å². The van der Waals surface area contributed by atoms with Crippen molar-refractivity contribution < 1.29 is 5.11 Å². The Morgan fingerprint density at radius 3 is 2.71 bits per heavy atom. The van der Waals surface area contributed by atoms with Crippen molar-refractivity contribution in [2.75, 3.05) is 11.9 Å². The number of benzene rings is 1. The van der Waals surface area contributed by atoms with Gasteiger partial charge in [0.25, 0.3) is 0 Å². The first-order valence-corrected chi connectivity index (χ1v) is 5.71. The van der Waals surface area contributed by atoms with E-state index in [0.717, 1.165) is 11.3 Å². The highest BCUT2D eigenvalue weighted by Gasteiger charge is 2.06. The van der Waals surface area contributed by atoms with Crippen LogP contribution in [0.2, 0.25) is 5.02 Å². The largest absolute Gasteiger partial charge is 0.387 e. The van der Waals surface area contributed by atoms with E-state index in [1.165, 1.54) is 0 Å². The molecule has 1 atom stereocenters. The summed E-state index contributed by atoms with van der Waals surface area (Å²) in [4.78, 5) is 3.91. The Labute approximate surface area is 105 Å². The SMILES string of the molecule is OC(CNc1cccc(Cl)c1)c1ccncc1. The van der Waals surface area contributed by atoms with Crippen molar-refractivity contribution in [1.82, 2.24) is 4.98 Å². The first kappa shape index (κ1) is 11.9. The molecule has 2 aromatic rings. The minimum atomic E-state index is -0.558. The van der Waals surface area contributed by atoms with E-state index >= 15 is 0 Å². The van der Waals surface area contributed by atoms with E-state index in [2.05, 4.69) is 10.3 Å². The highest BCUT2D eigenvalue weighted by Crippen LogP contribution is 2.17. The average Bonchev–Trinajstić information content (AvgIpc) is 2.37. The van der Waals surface area contributed by atoms with E-state index in [1.807, 2.05) is 24.3 Å². The Morgan fingerprint density at radius 2 is 2.00 bits per heavy atom.